The van der Waals surface area contributed by atoms with E-state index in [1.807, 2.05) is 11.0 Å². The molecule has 3 atom stereocenters. The van der Waals surface area contributed by atoms with E-state index in [9.17, 15) is 19.5 Å². The number of methoxy groups -OCH3 is 1. The number of carboxylic acid groups (broad SMARTS) is 1. The number of carboxylic acids is 1. The first-order chi connectivity index (χ1) is 19.4. The Morgan fingerprint density at radius 1 is 1.27 bits per heavy atom. The number of aliphatic carboxylic acids is 1. The molecule has 4 heterocycles. The number of rotatable bonds is 11. The van der Waals surface area contributed by atoms with Crippen molar-refractivity contribution in [1.29, 1.82) is 0 Å². The average molecular weight is 553 g/mol. The summed E-state index contributed by atoms with van der Waals surface area (Å²) in [5.74, 6) is -0.934. The van der Waals surface area contributed by atoms with Crippen LogP contribution in [0.25, 0.3) is 0 Å². The van der Waals surface area contributed by atoms with E-state index >= 15 is 0 Å². The van der Waals surface area contributed by atoms with E-state index in [0.717, 1.165) is 24.8 Å². The Kier molecular flexibility index (Phi) is 8.39. The molecule has 0 bridgehead atoms. The molecule has 1 aromatic heterocycles. The zero-order chi connectivity index (χ0) is 28.2. The van der Waals surface area contributed by atoms with E-state index in [4.69, 9.17) is 14.2 Å². The van der Waals surface area contributed by atoms with Gasteiger partial charge in [-0.1, -0.05) is 13.3 Å². The number of benzene rings is 1. The van der Waals surface area contributed by atoms with Gasteiger partial charge < -0.3 is 29.1 Å². The molecule has 1 N–H and O–H groups in total. The van der Waals surface area contributed by atoms with Crippen molar-refractivity contribution in [2.75, 3.05) is 51.5 Å². The van der Waals surface area contributed by atoms with Gasteiger partial charge in [0.2, 0.25) is 24.4 Å². The van der Waals surface area contributed by atoms with Crippen molar-refractivity contribution >= 4 is 23.5 Å². The molecule has 2 amide bonds. The van der Waals surface area contributed by atoms with Crippen molar-refractivity contribution in [2.45, 2.75) is 44.6 Å². The lowest BCUT2D eigenvalue weighted by atomic mass is 9.84. The first-order valence-electron chi connectivity index (χ1n) is 13.8. The molecule has 11 heteroatoms. The lowest BCUT2D eigenvalue weighted by Gasteiger charge is -2.32. The van der Waals surface area contributed by atoms with Crippen LogP contribution in [0.2, 0.25) is 0 Å². The first kappa shape index (κ1) is 27.7. The third-order valence-electron chi connectivity index (χ3n) is 8.05. The van der Waals surface area contributed by atoms with Crippen LogP contribution in [0.3, 0.4) is 0 Å². The van der Waals surface area contributed by atoms with Crippen molar-refractivity contribution in [2.24, 2.45) is 5.92 Å². The van der Waals surface area contributed by atoms with Crippen LogP contribution in [0.5, 0.6) is 17.2 Å². The second-order valence-electron chi connectivity index (χ2n) is 10.5. The number of amides is 2. The van der Waals surface area contributed by atoms with Crippen LogP contribution >= 0.6 is 0 Å². The Morgan fingerprint density at radius 3 is 2.80 bits per heavy atom. The predicted octanol–water partition coefficient (Wildman–Crippen LogP) is 2.74. The van der Waals surface area contributed by atoms with Crippen LogP contribution < -0.4 is 19.1 Å². The molecule has 0 unspecified atom stereocenters. The van der Waals surface area contributed by atoms with E-state index in [-0.39, 0.29) is 31.7 Å². The summed E-state index contributed by atoms with van der Waals surface area (Å²) in [6.07, 6.45) is 6.28. The van der Waals surface area contributed by atoms with Crippen LogP contribution in [-0.2, 0) is 14.4 Å². The molecule has 3 aliphatic rings. The van der Waals surface area contributed by atoms with Gasteiger partial charge >= 0.3 is 5.97 Å². The topological polar surface area (TPSA) is 122 Å². The molecule has 2 fully saturated rings. The van der Waals surface area contributed by atoms with Gasteiger partial charge in [-0.05, 0) is 42.7 Å². The Morgan fingerprint density at radius 2 is 2.12 bits per heavy atom. The molecule has 0 saturated carbocycles. The fourth-order valence-corrected chi connectivity index (χ4v) is 6.03. The highest BCUT2D eigenvalue weighted by Crippen LogP contribution is 2.47. The minimum absolute atomic E-state index is 0.0172. The van der Waals surface area contributed by atoms with Crippen LogP contribution in [-0.4, -0.2) is 90.3 Å². The molecular formula is C29H36N4O7. The third-order valence-corrected chi connectivity index (χ3v) is 8.05. The maximum atomic E-state index is 13.8. The molecule has 5 rings (SSSR count). The molecule has 2 aromatic rings. The summed E-state index contributed by atoms with van der Waals surface area (Å²) in [6.45, 7) is 3.85. The first-order valence-corrected chi connectivity index (χ1v) is 13.8. The van der Waals surface area contributed by atoms with Crippen LogP contribution in [0.4, 0.5) is 5.69 Å². The SMILES string of the molecule is CCCCN(C(=O)CN1C[C@H](c2cc(OC)c3c(c2)OCO3)[C@@H](C(=O)O)[C@@H]1CN1CCCC1=O)c1cccnc1. The summed E-state index contributed by atoms with van der Waals surface area (Å²) >= 11 is 0. The van der Waals surface area contributed by atoms with Crippen LogP contribution in [0, 0.1) is 5.92 Å². The van der Waals surface area contributed by atoms with Gasteiger partial charge in [0.1, 0.15) is 0 Å². The van der Waals surface area contributed by atoms with Gasteiger partial charge in [-0.3, -0.25) is 24.3 Å². The van der Waals surface area contributed by atoms with E-state index in [2.05, 4.69) is 11.9 Å². The summed E-state index contributed by atoms with van der Waals surface area (Å²) in [5.41, 5.74) is 1.44. The number of hydrogen-bond acceptors (Lipinski definition) is 8. The minimum Gasteiger partial charge on any atom is -0.493 e. The largest absolute Gasteiger partial charge is 0.493 e. The number of pyridine rings is 1. The maximum absolute atomic E-state index is 13.8. The molecule has 40 heavy (non-hydrogen) atoms. The number of nitrogens with zero attached hydrogens (tertiary/aromatic N) is 4. The molecule has 0 spiro atoms. The summed E-state index contributed by atoms with van der Waals surface area (Å²) in [7, 11) is 1.53. The number of unbranched alkanes of at least 4 members (excludes halogenated alkanes) is 1. The summed E-state index contributed by atoms with van der Waals surface area (Å²) in [4.78, 5) is 48.8. The van der Waals surface area contributed by atoms with E-state index in [1.165, 1.54) is 7.11 Å². The van der Waals surface area contributed by atoms with Crippen molar-refractivity contribution in [3.8, 4) is 17.2 Å². The Bertz CT molecular complexity index is 1240. The smallest absolute Gasteiger partial charge is 0.308 e. The monoisotopic (exact) mass is 552 g/mol. The molecule has 214 valence electrons. The number of carbonyl (C=O) groups excluding carboxylic acids is 2. The van der Waals surface area contributed by atoms with Crippen LogP contribution in [0.15, 0.2) is 36.7 Å². The lowest BCUT2D eigenvalue weighted by molar-refractivity contribution is -0.144. The van der Waals surface area contributed by atoms with Gasteiger partial charge in [-0.2, -0.15) is 0 Å². The molecule has 3 aliphatic heterocycles. The fourth-order valence-electron chi connectivity index (χ4n) is 6.03. The second-order valence-corrected chi connectivity index (χ2v) is 10.5. The number of aromatic nitrogens is 1. The normalized spacial score (nSPS) is 22.1. The Hall–Kier alpha value is -3.86. The predicted molar refractivity (Wildman–Crippen MR) is 146 cm³/mol. The highest BCUT2D eigenvalue weighted by atomic mass is 16.7. The highest BCUT2D eigenvalue weighted by molar-refractivity contribution is 5.94. The second kappa shape index (κ2) is 12.1. The molecular weight excluding hydrogens is 516 g/mol. The van der Waals surface area contributed by atoms with Gasteiger partial charge in [0.25, 0.3) is 0 Å². The van der Waals surface area contributed by atoms with Crippen molar-refractivity contribution < 1.29 is 33.7 Å². The van der Waals surface area contributed by atoms with Gasteiger partial charge in [-0.15, -0.1) is 0 Å². The summed E-state index contributed by atoms with van der Waals surface area (Å²) in [6, 6.07) is 6.69. The van der Waals surface area contributed by atoms with E-state index < -0.39 is 23.8 Å². The Balaban J connectivity index is 1.48. The zero-order valence-electron chi connectivity index (χ0n) is 23.0. The van der Waals surface area contributed by atoms with Gasteiger partial charge in [0.05, 0.1) is 31.5 Å². The minimum atomic E-state index is -0.969. The number of hydrogen-bond donors (Lipinski definition) is 1. The van der Waals surface area contributed by atoms with E-state index in [0.29, 0.717) is 49.0 Å². The lowest BCUT2D eigenvalue weighted by Crippen LogP contribution is -2.49. The molecule has 0 aliphatic carbocycles. The number of fused-ring (bicyclic) bond motifs is 1. The quantitative estimate of drug-likeness (QED) is 0.448. The average Bonchev–Trinajstić information content (AvgIpc) is 3.68. The van der Waals surface area contributed by atoms with Crippen molar-refractivity contribution in [3.63, 3.8) is 0 Å². The Labute approximate surface area is 233 Å². The van der Waals surface area contributed by atoms with Gasteiger partial charge in [-0.25, -0.2) is 0 Å². The van der Waals surface area contributed by atoms with Gasteiger partial charge in [0.15, 0.2) is 11.5 Å². The molecule has 1 aromatic carbocycles. The van der Waals surface area contributed by atoms with E-state index in [1.54, 1.807) is 40.4 Å². The maximum Gasteiger partial charge on any atom is 0.308 e. The van der Waals surface area contributed by atoms with Crippen LogP contribution in [0.1, 0.15) is 44.1 Å². The van der Waals surface area contributed by atoms with Crippen molar-refractivity contribution in [3.05, 3.63) is 42.2 Å². The zero-order valence-corrected chi connectivity index (χ0v) is 23.0. The van der Waals surface area contributed by atoms with Crippen molar-refractivity contribution in [1.82, 2.24) is 14.8 Å². The number of carbonyl (C=O) groups is 3. The third kappa shape index (κ3) is 5.56. The standard InChI is InChI=1S/C29H36N4O7/c1-3-4-11-33(20-7-5-9-30-14-20)26(35)17-32-15-21(19-12-23(38-2)28-24(13-19)39-18-40-28)27(29(36)37)22(32)16-31-10-6-8-25(31)34/h5,7,9,12-14,21-22,27H,3-4,6,8,10-11,15-18H2,1-2H3,(H,36,37)/t21-,22+,27-/m1/s1. The number of likely N-dealkylation sites (tertiary alicyclic amines) is 2. The molecule has 11 nitrogen and oxygen atoms in total. The summed E-state index contributed by atoms with van der Waals surface area (Å²) < 4.78 is 16.7. The molecule has 2 saturated heterocycles. The number of ether oxygens (including phenoxy) is 3. The molecule has 0 radical (unpaired) electrons. The fraction of sp³-hybridized carbons (Fsp3) is 0.517. The number of anilines is 1. The summed E-state index contributed by atoms with van der Waals surface area (Å²) in [5, 5.41) is 10.5. The van der Waals surface area contributed by atoms with Gasteiger partial charge in [0, 0.05) is 50.8 Å². The highest BCUT2D eigenvalue weighted by Gasteiger charge is 2.49.